The standard InChI is InChI=1S/C14H26N2O3S/c1-10(6-5-9-13(17)18)15-14(19)16-11-7-3-4-8-12(11)20-2/h10-12H,3-9H2,1-2H3,(H,17,18)(H2,15,16,19). The summed E-state index contributed by atoms with van der Waals surface area (Å²) in [4.78, 5) is 22.4. The second-order valence-electron chi connectivity index (χ2n) is 5.47. The molecule has 5 nitrogen and oxygen atoms in total. The van der Waals surface area contributed by atoms with Crippen molar-refractivity contribution in [2.24, 2.45) is 0 Å². The van der Waals surface area contributed by atoms with Gasteiger partial charge >= 0.3 is 12.0 Å². The Morgan fingerprint density at radius 3 is 2.70 bits per heavy atom. The van der Waals surface area contributed by atoms with Crippen molar-refractivity contribution in [3.8, 4) is 0 Å². The van der Waals surface area contributed by atoms with E-state index in [1.165, 1.54) is 19.3 Å². The Labute approximate surface area is 125 Å². The highest BCUT2D eigenvalue weighted by Gasteiger charge is 2.25. The zero-order chi connectivity index (χ0) is 15.0. The topological polar surface area (TPSA) is 78.4 Å². The van der Waals surface area contributed by atoms with Gasteiger partial charge in [-0.3, -0.25) is 4.79 Å². The lowest BCUT2D eigenvalue weighted by atomic mass is 9.95. The fourth-order valence-corrected chi connectivity index (χ4v) is 3.54. The maximum Gasteiger partial charge on any atom is 0.315 e. The third kappa shape index (κ3) is 6.50. The highest BCUT2D eigenvalue weighted by atomic mass is 32.2. The Hall–Kier alpha value is -0.910. The molecule has 1 aliphatic rings. The quantitative estimate of drug-likeness (QED) is 0.675. The van der Waals surface area contributed by atoms with Crippen molar-refractivity contribution in [3.05, 3.63) is 0 Å². The first-order valence-electron chi connectivity index (χ1n) is 7.34. The number of carbonyl (C=O) groups excluding carboxylic acids is 1. The molecule has 0 aliphatic heterocycles. The van der Waals surface area contributed by atoms with E-state index in [0.29, 0.717) is 18.1 Å². The Balaban J connectivity index is 2.25. The number of urea groups is 1. The van der Waals surface area contributed by atoms with E-state index in [-0.39, 0.29) is 24.5 Å². The molecule has 1 rings (SSSR count). The summed E-state index contributed by atoms with van der Waals surface area (Å²) >= 11 is 1.82. The van der Waals surface area contributed by atoms with Gasteiger partial charge in [-0.25, -0.2) is 4.79 Å². The van der Waals surface area contributed by atoms with Crippen molar-refractivity contribution in [3.63, 3.8) is 0 Å². The van der Waals surface area contributed by atoms with E-state index < -0.39 is 5.97 Å². The van der Waals surface area contributed by atoms with Crippen LogP contribution in [0.3, 0.4) is 0 Å². The molecule has 1 aliphatic carbocycles. The van der Waals surface area contributed by atoms with Gasteiger partial charge in [0.2, 0.25) is 0 Å². The molecular formula is C14H26N2O3S. The van der Waals surface area contributed by atoms with Crippen LogP contribution in [0.2, 0.25) is 0 Å². The van der Waals surface area contributed by atoms with Gasteiger partial charge in [-0.1, -0.05) is 12.8 Å². The molecule has 116 valence electrons. The van der Waals surface area contributed by atoms with Crippen molar-refractivity contribution in [2.45, 2.75) is 69.2 Å². The highest BCUT2D eigenvalue weighted by Crippen LogP contribution is 2.27. The molecule has 0 saturated heterocycles. The smallest absolute Gasteiger partial charge is 0.315 e. The van der Waals surface area contributed by atoms with Gasteiger partial charge in [-0.2, -0.15) is 11.8 Å². The zero-order valence-electron chi connectivity index (χ0n) is 12.4. The van der Waals surface area contributed by atoms with Crippen LogP contribution in [-0.2, 0) is 4.79 Å². The van der Waals surface area contributed by atoms with Crippen LogP contribution in [0.5, 0.6) is 0 Å². The number of nitrogens with one attached hydrogen (secondary N) is 2. The van der Waals surface area contributed by atoms with E-state index in [2.05, 4.69) is 16.9 Å². The number of aliphatic carboxylic acids is 1. The number of hydrogen-bond donors (Lipinski definition) is 3. The van der Waals surface area contributed by atoms with Crippen LogP contribution in [0.15, 0.2) is 0 Å². The number of rotatable bonds is 7. The Bertz CT molecular complexity index is 326. The summed E-state index contributed by atoms with van der Waals surface area (Å²) in [5.41, 5.74) is 0. The minimum Gasteiger partial charge on any atom is -0.481 e. The van der Waals surface area contributed by atoms with Gasteiger partial charge in [0.1, 0.15) is 0 Å². The van der Waals surface area contributed by atoms with Crippen LogP contribution in [0, 0.1) is 0 Å². The molecule has 6 heteroatoms. The molecule has 1 fully saturated rings. The SMILES string of the molecule is CSC1CCCCC1NC(=O)NC(C)CCCC(=O)O. The van der Waals surface area contributed by atoms with E-state index in [1.807, 2.05) is 18.7 Å². The summed E-state index contributed by atoms with van der Waals surface area (Å²) in [5, 5.41) is 15.0. The molecule has 0 aromatic rings. The molecule has 0 radical (unpaired) electrons. The lowest BCUT2D eigenvalue weighted by Gasteiger charge is -2.31. The minimum atomic E-state index is -0.785. The first-order chi connectivity index (χ1) is 9.52. The fourth-order valence-electron chi connectivity index (χ4n) is 2.61. The molecule has 0 bridgehead atoms. The molecule has 0 spiro atoms. The Kier molecular flexibility index (Phi) is 7.80. The molecule has 2 amide bonds. The molecular weight excluding hydrogens is 276 g/mol. The monoisotopic (exact) mass is 302 g/mol. The molecule has 3 atom stereocenters. The third-order valence-corrected chi connectivity index (χ3v) is 4.90. The number of carboxylic acid groups (broad SMARTS) is 1. The number of hydrogen-bond acceptors (Lipinski definition) is 3. The average molecular weight is 302 g/mol. The lowest BCUT2D eigenvalue weighted by Crippen LogP contribution is -2.49. The first-order valence-corrected chi connectivity index (χ1v) is 8.63. The van der Waals surface area contributed by atoms with Gasteiger partial charge in [0.15, 0.2) is 0 Å². The number of carbonyl (C=O) groups is 2. The number of amides is 2. The second-order valence-corrected chi connectivity index (χ2v) is 6.55. The van der Waals surface area contributed by atoms with Crippen molar-refractivity contribution >= 4 is 23.8 Å². The van der Waals surface area contributed by atoms with Crippen molar-refractivity contribution in [1.82, 2.24) is 10.6 Å². The number of thioether (sulfide) groups is 1. The minimum absolute atomic E-state index is 0.00525. The van der Waals surface area contributed by atoms with Crippen LogP contribution in [0.4, 0.5) is 4.79 Å². The lowest BCUT2D eigenvalue weighted by molar-refractivity contribution is -0.137. The normalized spacial score (nSPS) is 23.9. The largest absolute Gasteiger partial charge is 0.481 e. The first kappa shape index (κ1) is 17.1. The van der Waals surface area contributed by atoms with Gasteiger partial charge in [0, 0.05) is 23.8 Å². The summed E-state index contributed by atoms with van der Waals surface area (Å²) in [6.07, 6.45) is 8.17. The summed E-state index contributed by atoms with van der Waals surface area (Å²) in [6, 6.07) is 0.134. The molecule has 3 N–H and O–H groups in total. The van der Waals surface area contributed by atoms with E-state index in [4.69, 9.17) is 5.11 Å². The van der Waals surface area contributed by atoms with E-state index in [9.17, 15) is 9.59 Å². The average Bonchev–Trinajstić information content (AvgIpc) is 2.38. The Morgan fingerprint density at radius 2 is 2.05 bits per heavy atom. The van der Waals surface area contributed by atoms with E-state index in [1.54, 1.807) is 0 Å². The van der Waals surface area contributed by atoms with Gasteiger partial charge < -0.3 is 15.7 Å². The fraction of sp³-hybridized carbons (Fsp3) is 0.857. The van der Waals surface area contributed by atoms with Crippen LogP contribution >= 0.6 is 11.8 Å². The van der Waals surface area contributed by atoms with Gasteiger partial charge in [0.25, 0.3) is 0 Å². The van der Waals surface area contributed by atoms with Gasteiger partial charge in [-0.15, -0.1) is 0 Å². The van der Waals surface area contributed by atoms with Gasteiger partial charge in [0.05, 0.1) is 0 Å². The maximum absolute atomic E-state index is 11.9. The van der Waals surface area contributed by atoms with Crippen LogP contribution < -0.4 is 10.6 Å². The van der Waals surface area contributed by atoms with Crippen LogP contribution in [0.25, 0.3) is 0 Å². The predicted molar refractivity (Wildman–Crippen MR) is 82.2 cm³/mol. The highest BCUT2D eigenvalue weighted by molar-refractivity contribution is 7.99. The molecule has 1 saturated carbocycles. The molecule has 0 aromatic carbocycles. The van der Waals surface area contributed by atoms with E-state index in [0.717, 1.165) is 6.42 Å². The number of carboxylic acids is 1. The zero-order valence-corrected chi connectivity index (χ0v) is 13.2. The third-order valence-electron chi connectivity index (χ3n) is 3.73. The van der Waals surface area contributed by atoms with Crippen molar-refractivity contribution < 1.29 is 14.7 Å². The van der Waals surface area contributed by atoms with Gasteiger partial charge in [-0.05, 0) is 38.9 Å². The molecule has 0 heterocycles. The molecule has 3 unspecified atom stereocenters. The molecule has 0 aromatic heterocycles. The summed E-state index contributed by atoms with van der Waals surface area (Å²) in [7, 11) is 0. The predicted octanol–water partition coefficient (Wildman–Crippen LogP) is 2.60. The maximum atomic E-state index is 11.9. The van der Waals surface area contributed by atoms with Crippen LogP contribution in [-0.4, -0.2) is 40.7 Å². The second kappa shape index (κ2) is 9.10. The molecule has 20 heavy (non-hydrogen) atoms. The summed E-state index contributed by atoms with van der Waals surface area (Å²) in [5.74, 6) is -0.785. The summed E-state index contributed by atoms with van der Waals surface area (Å²) in [6.45, 7) is 1.91. The van der Waals surface area contributed by atoms with Crippen molar-refractivity contribution in [1.29, 1.82) is 0 Å². The van der Waals surface area contributed by atoms with Crippen molar-refractivity contribution in [2.75, 3.05) is 6.26 Å². The van der Waals surface area contributed by atoms with Crippen LogP contribution in [0.1, 0.15) is 51.9 Å². The van der Waals surface area contributed by atoms with E-state index >= 15 is 0 Å². The summed E-state index contributed by atoms with van der Waals surface area (Å²) < 4.78 is 0. The Morgan fingerprint density at radius 1 is 1.35 bits per heavy atom.